The van der Waals surface area contributed by atoms with Gasteiger partial charge in [-0.1, -0.05) is 328 Å². The first-order valence-electron chi connectivity index (χ1n) is 46.5. The number of nitrogens with zero attached hydrogens (tertiary/aromatic N) is 9. The molecule has 642 valence electrons. The molecule has 0 N–H and O–H groups in total. The normalized spacial score (nSPS) is 11.5. The van der Waals surface area contributed by atoms with Crippen LogP contribution in [0.15, 0.2) is 491 Å². The number of fused-ring (bicyclic) bond motifs is 18. The number of benzene rings is 21. The molecule has 27 rings (SSSR count). The fourth-order valence-electron chi connectivity index (χ4n) is 21.4. The lowest BCUT2D eigenvalue weighted by atomic mass is 9.99. The Morgan fingerprint density at radius 1 is 0.174 bits per heavy atom. The summed E-state index contributed by atoms with van der Waals surface area (Å²) in [5.41, 5.74) is 36.3. The second-order valence-electron chi connectivity index (χ2n) is 35.1. The van der Waals surface area contributed by atoms with E-state index < -0.39 is 0 Å². The van der Waals surface area contributed by atoms with Gasteiger partial charge in [0.1, 0.15) is 0 Å². The molecule has 6 heterocycles. The molecule has 6 aromatic heterocycles. The minimum Gasteiger partial charge on any atom is -0.309 e. The second-order valence-corrected chi connectivity index (χ2v) is 35.1. The molecule has 0 saturated carbocycles. The molecule has 0 bridgehead atoms. The van der Waals surface area contributed by atoms with E-state index in [2.05, 4.69) is 469 Å². The van der Waals surface area contributed by atoms with Gasteiger partial charge in [-0.2, -0.15) is 10.5 Å². The van der Waals surface area contributed by atoms with E-state index in [1.54, 1.807) is 0 Å². The summed E-state index contributed by atoms with van der Waals surface area (Å²) in [7, 11) is 0. The first kappa shape index (κ1) is 80.9. The minimum atomic E-state index is 0.650. The van der Waals surface area contributed by atoms with Crippen molar-refractivity contribution in [1.29, 1.82) is 10.5 Å². The lowest BCUT2D eigenvalue weighted by molar-refractivity contribution is 1.18. The van der Waals surface area contributed by atoms with Crippen LogP contribution >= 0.6 is 0 Å². The zero-order chi connectivity index (χ0) is 91.8. The van der Waals surface area contributed by atoms with Crippen LogP contribution in [-0.2, 0) is 0 Å². The van der Waals surface area contributed by atoms with Crippen molar-refractivity contribution in [3.63, 3.8) is 0 Å². The molecule has 27 aromatic rings. The highest BCUT2D eigenvalue weighted by molar-refractivity contribution is 6.20. The Labute approximate surface area is 795 Å². The number of para-hydroxylation sites is 9. The maximum absolute atomic E-state index is 9.78. The van der Waals surface area contributed by atoms with Crippen LogP contribution < -0.4 is 0 Å². The summed E-state index contributed by atoms with van der Waals surface area (Å²) in [6.07, 6.45) is 0. The van der Waals surface area contributed by atoms with Crippen LogP contribution in [0.25, 0.3) is 237 Å². The predicted octanol–water partition coefficient (Wildman–Crippen LogP) is 33.9. The fourth-order valence-corrected chi connectivity index (χ4v) is 21.4. The Bertz CT molecular complexity index is 9580. The summed E-state index contributed by atoms with van der Waals surface area (Å²) in [5, 5.41) is 34.2. The van der Waals surface area contributed by atoms with Crippen molar-refractivity contribution in [2.24, 2.45) is 0 Å². The van der Waals surface area contributed by atoms with Gasteiger partial charge in [-0.25, -0.2) is 4.85 Å². The Morgan fingerprint density at radius 2 is 0.399 bits per heavy atom. The van der Waals surface area contributed by atoms with Crippen molar-refractivity contribution in [3.8, 4) is 113 Å². The van der Waals surface area contributed by atoms with E-state index in [0.717, 1.165) is 89.6 Å². The molecule has 0 aliphatic carbocycles. The first-order valence-corrected chi connectivity index (χ1v) is 46.5. The molecule has 0 aliphatic rings. The Balaban J connectivity index is 0.000000110. The summed E-state index contributed by atoms with van der Waals surface area (Å²) in [6.45, 7) is 7.31. The van der Waals surface area contributed by atoms with Gasteiger partial charge in [0, 0.05) is 98.8 Å². The monoisotopic (exact) mass is 1760 g/mol. The third-order valence-electron chi connectivity index (χ3n) is 27.4. The average molecular weight is 1760 g/mol. The number of hydrogen-bond donors (Lipinski definition) is 0. The van der Waals surface area contributed by atoms with E-state index in [9.17, 15) is 10.5 Å². The summed E-state index contributed by atoms with van der Waals surface area (Å²) in [5.74, 6) is 0. The number of rotatable bonds is 12. The SMILES string of the molecule is N#Cc1cccc(-c2cccc(-n3c4ccccc4c4c(-c5cccc(-n6c7ccccc7c7ccccc76)c5)cccc43)c2)c1.N#Cc1ccccc1-c1cccc(-n2c3ccccc3c3c(-c4cccc(-n5c6ccccc6c6ccccc65)c4)cccc32)c1.[C-]#[N+]c1ccc(-c2cccc(-n3c4ccccc4c4c(-c5cccc(-n6c7ccccc7c7ccccc76)c5)cccc43)c2)cc1. The van der Waals surface area contributed by atoms with Gasteiger partial charge in [-0.15, -0.1) is 0 Å². The minimum absolute atomic E-state index is 0.650. The zero-order valence-corrected chi connectivity index (χ0v) is 74.8. The molecule has 0 aliphatic heterocycles. The third kappa shape index (κ3) is 13.7. The van der Waals surface area contributed by atoms with Gasteiger partial charge in [-0.05, 0) is 231 Å². The molecular weight excluding hydrogens is 1680 g/mol. The predicted molar refractivity (Wildman–Crippen MR) is 574 cm³/mol. The van der Waals surface area contributed by atoms with Gasteiger partial charge >= 0.3 is 0 Å². The number of hydrogen-bond acceptors (Lipinski definition) is 2. The molecule has 0 radical (unpaired) electrons. The highest BCUT2D eigenvalue weighted by Crippen LogP contribution is 2.47. The van der Waals surface area contributed by atoms with Crippen molar-refractivity contribution < 1.29 is 0 Å². The molecule has 9 heteroatoms. The average Bonchev–Trinajstić information content (AvgIpc) is 1.57. The second kappa shape index (κ2) is 33.9. The van der Waals surface area contributed by atoms with Gasteiger partial charge in [-0.3, -0.25) is 0 Å². The van der Waals surface area contributed by atoms with E-state index in [0.29, 0.717) is 16.8 Å². The zero-order valence-electron chi connectivity index (χ0n) is 74.8. The Kier molecular flexibility index (Phi) is 19.9. The summed E-state index contributed by atoms with van der Waals surface area (Å²) < 4.78 is 14.2. The summed E-state index contributed by atoms with van der Waals surface area (Å²) >= 11 is 0. The quantitative estimate of drug-likeness (QED) is 0.114. The topological polar surface area (TPSA) is 81.5 Å². The maximum Gasteiger partial charge on any atom is 0.187 e. The third-order valence-corrected chi connectivity index (χ3v) is 27.4. The molecular formula is C129H81N9. The molecule has 0 unspecified atom stereocenters. The van der Waals surface area contributed by atoms with Crippen LogP contribution in [0.1, 0.15) is 11.1 Å². The molecule has 0 fully saturated rings. The molecule has 0 saturated heterocycles. The lowest BCUT2D eigenvalue weighted by Crippen LogP contribution is -1.95. The standard InChI is InChI=1S/3C43H27N3/c1-44-32-25-23-29(24-26-32)30-11-8-13-33(27-30)46-41-21-7-4-17-38(41)43-35(18-10-22-42(43)46)31-12-9-14-34(28-31)45-39-19-5-2-15-36(39)37-16-3-6-20-40(37)45;44-28-29-11-7-12-30(25-29)31-13-8-15-33(26-31)46-41-23-6-3-19-38(41)43-35(20-10-24-42(43)46)32-14-9-16-34(27-32)45-39-21-4-1-17-36(39)37-18-2-5-22-40(37)45;44-28-31-12-1-2-17-34(31)29-13-9-16-33(26-29)46-41-24-8-5-20-38(41)43-35(21-11-25-42(43)46)30-14-10-15-32(27-30)45-39-22-6-3-18-36(39)37-19-4-7-23-40(37)45/h2-28H;2*1-27H. The van der Waals surface area contributed by atoms with Crippen LogP contribution in [0.4, 0.5) is 5.69 Å². The van der Waals surface area contributed by atoms with Crippen LogP contribution in [0.5, 0.6) is 0 Å². The fraction of sp³-hybridized carbons (Fsp3) is 0. The van der Waals surface area contributed by atoms with Crippen LogP contribution in [0.2, 0.25) is 0 Å². The largest absolute Gasteiger partial charge is 0.309 e. The van der Waals surface area contributed by atoms with E-state index in [1.165, 1.54) is 142 Å². The molecule has 21 aromatic carbocycles. The highest BCUT2D eigenvalue weighted by Gasteiger charge is 2.25. The number of nitriles is 2. The van der Waals surface area contributed by atoms with Crippen molar-refractivity contribution in [3.05, 3.63) is 514 Å². The molecule has 0 atom stereocenters. The number of aromatic nitrogens is 6. The van der Waals surface area contributed by atoms with Crippen molar-refractivity contribution in [1.82, 2.24) is 27.4 Å². The van der Waals surface area contributed by atoms with Crippen LogP contribution in [-0.4, -0.2) is 27.4 Å². The van der Waals surface area contributed by atoms with E-state index >= 15 is 0 Å². The van der Waals surface area contributed by atoms with E-state index in [1.807, 2.05) is 66.7 Å². The summed E-state index contributed by atoms with van der Waals surface area (Å²) in [4.78, 5) is 3.56. The van der Waals surface area contributed by atoms with Gasteiger partial charge in [0.25, 0.3) is 0 Å². The molecule has 138 heavy (non-hydrogen) atoms. The van der Waals surface area contributed by atoms with Gasteiger partial charge < -0.3 is 27.4 Å². The van der Waals surface area contributed by atoms with Crippen LogP contribution in [0, 0.1) is 29.2 Å². The van der Waals surface area contributed by atoms with Crippen LogP contribution in [0.3, 0.4) is 0 Å². The van der Waals surface area contributed by atoms with Gasteiger partial charge in [0.2, 0.25) is 0 Å². The lowest BCUT2D eigenvalue weighted by Gasteiger charge is -2.12. The maximum atomic E-state index is 9.78. The molecule has 9 nitrogen and oxygen atoms in total. The molecule has 0 amide bonds. The van der Waals surface area contributed by atoms with E-state index in [-0.39, 0.29) is 0 Å². The molecule has 0 spiro atoms. The highest BCUT2D eigenvalue weighted by atomic mass is 15.0. The van der Waals surface area contributed by atoms with Crippen molar-refractivity contribution in [2.45, 2.75) is 0 Å². The Hall–Kier alpha value is -19.1. The van der Waals surface area contributed by atoms with Crippen molar-refractivity contribution >= 4 is 137 Å². The van der Waals surface area contributed by atoms with E-state index in [4.69, 9.17) is 6.57 Å². The van der Waals surface area contributed by atoms with Crippen molar-refractivity contribution in [2.75, 3.05) is 0 Å². The first-order chi connectivity index (χ1) is 68.4. The Morgan fingerprint density at radius 3 is 0.710 bits per heavy atom. The van der Waals surface area contributed by atoms with Gasteiger partial charge in [0.15, 0.2) is 5.69 Å². The smallest absolute Gasteiger partial charge is 0.187 e. The van der Waals surface area contributed by atoms with Gasteiger partial charge in [0.05, 0.1) is 96.0 Å². The summed E-state index contributed by atoms with van der Waals surface area (Å²) in [6, 6.07) is 178.